The zero-order chi connectivity index (χ0) is 21.3. The molecule has 0 saturated carbocycles. The molecule has 2 N–H and O–H groups in total. The fraction of sp³-hybridized carbons (Fsp3) is 0.227. The van der Waals surface area contributed by atoms with Gasteiger partial charge in [-0.25, -0.2) is 0 Å². The summed E-state index contributed by atoms with van der Waals surface area (Å²) in [6, 6.07) is 13.0. The van der Waals surface area contributed by atoms with Crippen LogP contribution in [0.25, 0.3) is 21.9 Å². The molecule has 0 aliphatic carbocycles. The number of aromatic nitrogens is 1. The van der Waals surface area contributed by atoms with E-state index in [9.17, 15) is 22.8 Å². The number of alkyl halides is 3. The van der Waals surface area contributed by atoms with Crippen molar-refractivity contribution in [3.05, 3.63) is 66.0 Å². The smallest absolute Gasteiger partial charge is 0.356 e. The molecule has 30 heavy (non-hydrogen) atoms. The molecule has 1 aromatic heterocycles. The lowest BCUT2D eigenvalue weighted by molar-refractivity contribution is -0.141. The number of fused-ring (bicyclic) bond motifs is 1. The van der Waals surface area contributed by atoms with Gasteiger partial charge in [-0.3, -0.25) is 14.6 Å². The van der Waals surface area contributed by atoms with Crippen LogP contribution < -0.4 is 10.6 Å². The first-order valence-corrected chi connectivity index (χ1v) is 9.42. The van der Waals surface area contributed by atoms with Gasteiger partial charge in [0.05, 0.1) is 0 Å². The van der Waals surface area contributed by atoms with Crippen molar-refractivity contribution in [3.8, 4) is 11.1 Å². The molecule has 1 aliphatic heterocycles. The number of hydrogen-bond acceptors (Lipinski definition) is 3. The average molecular weight is 413 g/mol. The van der Waals surface area contributed by atoms with E-state index < -0.39 is 11.9 Å². The van der Waals surface area contributed by atoms with Gasteiger partial charge in [-0.15, -0.1) is 0 Å². The molecule has 1 saturated heterocycles. The summed E-state index contributed by atoms with van der Waals surface area (Å²) in [6.45, 7) is 0.966. The Labute approximate surface area is 170 Å². The van der Waals surface area contributed by atoms with Gasteiger partial charge in [-0.2, -0.15) is 13.2 Å². The molecular formula is C22H18F3N3O2. The Bertz CT molecular complexity index is 1110. The van der Waals surface area contributed by atoms with E-state index in [0.717, 1.165) is 22.4 Å². The minimum atomic E-state index is -4.48. The maximum atomic E-state index is 12.8. The third kappa shape index (κ3) is 4.12. The molecule has 8 heteroatoms. The molecule has 0 bridgehead atoms. The maximum absolute atomic E-state index is 12.8. The number of carbonyl (C=O) groups excluding carboxylic acids is 2. The number of benzene rings is 2. The first-order valence-electron chi connectivity index (χ1n) is 9.42. The highest BCUT2D eigenvalue weighted by atomic mass is 19.4. The van der Waals surface area contributed by atoms with E-state index in [1.165, 1.54) is 12.3 Å². The summed E-state index contributed by atoms with van der Waals surface area (Å²) in [5.74, 6) is -0.163. The number of halogens is 3. The third-order valence-corrected chi connectivity index (χ3v) is 5.12. The van der Waals surface area contributed by atoms with Gasteiger partial charge in [0.15, 0.2) is 0 Å². The molecule has 3 aromatic rings. The lowest BCUT2D eigenvalue weighted by Crippen LogP contribution is -2.30. The molecule has 2 heterocycles. The first kappa shape index (κ1) is 19.9. The highest BCUT2D eigenvalue weighted by Gasteiger charge is 2.32. The van der Waals surface area contributed by atoms with Gasteiger partial charge in [-0.1, -0.05) is 30.3 Å². The molecular weight excluding hydrogens is 395 g/mol. The topological polar surface area (TPSA) is 71.1 Å². The number of amides is 2. The van der Waals surface area contributed by atoms with Crippen LogP contribution in [0, 0.1) is 5.92 Å². The number of rotatable bonds is 4. The van der Waals surface area contributed by atoms with Gasteiger partial charge < -0.3 is 10.6 Å². The quantitative estimate of drug-likeness (QED) is 0.684. The van der Waals surface area contributed by atoms with E-state index in [0.29, 0.717) is 30.6 Å². The highest BCUT2D eigenvalue weighted by molar-refractivity contribution is 6.02. The second kappa shape index (κ2) is 7.78. The molecule has 2 aromatic carbocycles. The highest BCUT2D eigenvalue weighted by Crippen LogP contribution is 2.32. The number of pyridine rings is 1. The van der Waals surface area contributed by atoms with E-state index in [1.807, 2.05) is 6.07 Å². The van der Waals surface area contributed by atoms with Crippen molar-refractivity contribution >= 4 is 22.6 Å². The molecule has 1 unspecified atom stereocenters. The van der Waals surface area contributed by atoms with Gasteiger partial charge in [0.2, 0.25) is 5.91 Å². The Morgan fingerprint density at radius 3 is 2.67 bits per heavy atom. The van der Waals surface area contributed by atoms with Gasteiger partial charge in [0.1, 0.15) is 5.69 Å². The summed E-state index contributed by atoms with van der Waals surface area (Å²) in [5.41, 5.74) is 0.826. The molecule has 1 aliphatic rings. The van der Waals surface area contributed by atoms with Gasteiger partial charge in [0.25, 0.3) is 5.91 Å². The van der Waals surface area contributed by atoms with Crippen LogP contribution in [-0.4, -0.2) is 29.9 Å². The standard InChI is InChI=1S/C22H18F3N3O2/c23-22(24,25)19-7-5-16(12-26-19)17-3-1-2-14-9-15(4-6-18(14)17)21(30)28-11-13-8-20(29)27-10-13/h1-7,9,12-13H,8,10-11H2,(H,27,29)(H,28,30). The zero-order valence-corrected chi connectivity index (χ0v) is 15.8. The van der Waals surface area contributed by atoms with E-state index >= 15 is 0 Å². The van der Waals surface area contributed by atoms with Crippen molar-refractivity contribution in [2.45, 2.75) is 12.6 Å². The van der Waals surface area contributed by atoms with Crippen LogP contribution in [0.1, 0.15) is 22.5 Å². The van der Waals surface area contributed by atoms with E-state index in [1.54, 1.807) is 30.3 Å². The minimum Gasteiger partial charge on any atom is -0.356 e. The van der Waals surface area contributed by atoms with Crippen LogP contribution in [0.4, 0.5) is 13.2 Å². The van der Waals surface area contributed by atoms with Crippen LogP contribution >= 0.6 is 0 Å². The molecule has 1 fully saturated rings. The Morgan fingerprint density at radius 1 is 1.17 bits per heavy atom. The van der Waals surface area contributed by atoms with E-state index in [2.05, 4.69) is 15.6 Å². The summed E-state index contributed by atoms with van der Waals surface area (Å²) in [4.78, 5) is 27.3. The summed E-state index contributed by atoms with van der Waals surface area (Å²) in [7, 11) is 0. The molecule has 154 valence electrons. The van der Waals surface area contributed by atoms with Gasteiger partial charge in [-0.05, 0) is 34.5 Å². The van der Waals surface area contributed by atoms with Crippen LogP contribution in [0.15, 0.2) is 54.7 Å². The normalized spacial score (nSPS) is 16.5. The number of nitrogens with zero attached hydrogens (tertiary/aromatic N) is 1. The third-order valence-electron chi connectivity index (χ3n) is 5.12. The molecule has 2 amide bonds. The number of carbonyl (C=O) groups is 2. The van der Waals surface area contributed by atoms with Crippen molar-refractivity contribution in [2.75, 3.05) is 13.1 Å². The Morgan fingerprint density at radius 2 is 2.00 bits per heavy atom. The van der Waals surface area contributed by atoms with E-state index in [-0.39, 0.29) is 17.7 Å². The van der Waals surface area contributed by atoms with Gasteiger partial charge >= 0.3 is 6.18 Å². The molecule has 1 atom stereocenters. The lowest BCUT2D eigenvalue weighted by atomic mass is 9.97. The van der Waals surface area contributed by atoms with Crippen molar-refractivity contribution in [3.63, 3.8) is 0 Å². The zero-order valence-electron chi connectivity index (χ0n) is 15.8. The second-order valence-corrected chi connectivity index (χ2v) is 7.26. The molecule has 0 radical (unpaired) electrons. The summed E-state index contributed by atoms with van der Waals surface area (Å²) < 4.78 is 38.3. The predicted molar refractivity (Wildman–Crippen MR) is 106 cm³/mol. The van der Waals surface area contributed by atoms with Crippen LogP contribution in [0.3, 0.4) is 0 Å². The second-order valence-electron chi connectivity index (χ2n) is 7.26. The Hall–Kier alpha value is -3.42. The van der Waals surface area contributed by atoms with Crippen molar-refractivity contribution < 1.29 is 22.8 Å². The SMILES string of the molecule is O=C1CC(CNC(=O)c2ccc3c(-c4ccc(C(F)(F)F)nc4)cccc3c2)CN1. The fourth-order valence-corrected chi connectivity index (χ4v) is 3.55. The number of nitrogens with one attached hydrogen (secondary N) is 2. The summed E-state index contributed by atoms with van der Waals surface area (Å²) >= 11 is 0. The van der Waals surface area contributed by atoms with Crippen LogP contribution in [0.5, 0.6) is 0 Å². The molecule has 5 nitrogen and oxygen atoms in total. The minimum absolute atomic E-state index is 0.00904. The van der Waals surface area contributed by atoms with E-state index in [4.69, 9.17) is 0 Å². The Kier molecular flexibility index (Phi) is 5.15. The molecule has 4 rings (SSSR count). The van der Waals surface area contributed by atoms with Crippen molar-refractivity contribution in [1.29, 1.82) is 0 Å². The Balaban J connectivity index is 1.56. The first-order chi connectivity index (χ1) is 14.3. The largest absolute Gasteiger partial charge is 0.433 e. The predicted octanol–water partition coefficient (Wildman–Crippen LogP) is 3.79. The maximum Gasteiger partial charge on any atom is 0.433 e. The number of hydrogen-bond donors (Lipinski definition) is 2. The monoisotopic (exact) mass is 413 g/mol. The summed E-state index contributed by atoms with van der Waals surface area (Å²) in [6.07, 6.45) is -2.88. The average Bonchev–Trinajstić information content (AvgIpc) is 3.15. The van der Waals surface area contributed by atoms with Gasteiger partial charge in [0, 0.05) is 42.8 Å². The summed E-state index contributed by atoms with van der Waals surface area (Å²) in [5, 5.41) is 7.17. The van der Waals surface area contributed by atoms with Crippen molar-refractivity contribution in [2.24, 2.45) is 5.92 Å². The van der Waals surface area contributed by atoms with Crippen LogP contribution in [0.2, 0.25) is 0 Å². The lowest BCUT2D eigenvalue weighted by Gasteiger charge is -2.12. The molecule has 0 spiro atoms. The fourth-order valence-electron chi connectivity index (χ4n) is 3.55. The van der Waals surface area contributed by atoms with Crippen LogP contribution in [-0.2, 0) is 11.0 Å². The van der Waals surface area contributed by atoms with Crippen molar-refractivity contribution in [1.82, 2.24) is 15.6 Å².